The fraction of sp³-hybridized carbons (Fsp3) is 1.00. The standard InChI is InChI=1S/C34H58O4/c35-21-7-5-3-1-2-4-6-17-34(18-14-25-8-11-28-31(22-25)36-28,19-15-26-9-12-29-32(23-26)37-29)20-16-27-10-13-30-33(24-27)38-30/h25-33,35H,1-24H2. The van der Waals surface area contributed by atoms with E-state index in [4.69, 9.17) is 19.3 Å². The van der Waals surface area contributed by atoms with Gasteiger partial charge in [-0.1, -0.05) is 38.5 Å². The molecular formula is C34H58O4. The van der Waals surface area contributed by atoms with Crippen molar-refractivity contribution in [3.8, 4) is 0 Å². The first kappa shape index (κ1) is 28.0. The monoisotopic (exact) mass is 530 g/mol. The molecule has 0 spiro atoms. The van der Waals surface area contributed by atoms with Gasteiger partial charge < -0.3 is 19.3 Å². The molecule has 4 nitrogen and oxygen atoms in total. The van der Waals surface area contributed by atoms with Crippen molar-refractivity contribution in [2.45, 2.75) is 184 Å². The summed E-state index contributed by atoms with van der Waals surface area (Å²) in [4.78, 5) is 0. The third kappa shape index (κ3) is 7.98. The van der Waals surface area contributed by atoms with Crippen molar-refractivity contribution in [3.63, 3.8) is 0 Å². The Labute approximate surface area is 233 Å². The van der Waals surface area contributed by atoms with Crippen molar-refractivity contribution < 1.29 is 19.3 Å². The van der Waals surface area contributed by atoms with E-state index in [1.54, 1.807) is 0 Å². The Morgan fingerprint density at radius 1 is 0.447 bits per heavy atom. The zero-order chi connectivity index (χ0) is 25.8. The minimum atomic E-state index is 0.361. The molecule has 3 aliphatic carbocycles. The van der Waals surface area contributed by atoms with Crippen LogP contribution in [-0.4, -0.2) is 48.3 Å². The van der Waals surface area contributed by atoms with Gasteiger partial charge in [0.2, 0.25) is 0 Å². The van der Waals surface area contributed by atoms with E-state index < -0.39 is 0 Å². The first-order valence-electron chi connectivity index (χ1n) is 17.3. The third-order valence-electron chi connectivity index (χ3n) is 12.0. The summed E-state index contributed by atoms with van der Waals surface area (Å²) in [6.45, 7) is 0.361. The molecule has 0 radical (unpaired) electrons. The Kier molecular flexibility index (Phi) is 9.73. The van der Waals surface area contributed by atoms with E-state index >= 15 is 0 Å². The Bertz CT molecular complexity index is 646. The Morgan fingerprint density at radius 3 is 1.24 bits per heavy atom. The van der Waals surface area contributed by atoms with Crippen LogP contribution in [0, 0.1) is 23.2 Å². The van der Waals surface area contributed by atoms with Crippen LogP contribution in [0.2, 0.25) is 0 Å². The molecule has 0 amide bonds. The van der Waals surface area contributed by atoms with Gasteiger partial charge in [-0.05, 0) is 132 Å². The molecule has 0 bridgehead atoms. The average molecular weight is 531 g/mol. The molecule has 9 unspecified atom stereocenters. The van der Waals surface area contributed by atoms with Crippen LogP contribution >= 0.6 is 0 Å². The summed E-state index contributed by atoms with van der Waals surface area (Å²) in [5.74, 6) is 2.74. The molecule has 3 aliphatic heterocycles. The van der Waals surface area contributed by atoms with Gasteiger partial charge in [-0.3, -0.25) is 0 Å². The molecule has 38 heavy (non-hydrogen) atoms. The highest BCUT2D eigenvalue weighted by Gasteiger charge is 2.47. The highest BCUT2D eigenvalue weighted by atomic mass is 16.6. The van der Waals surface area contributed by atoms with Gasteiger partial charge in [-0.2, -0.15) is 0 Å². The van der Waals surface area contributed by atoms with Crippen LogP contribution in [0.15, 0.2) is 0 Å². The second-order valence-corrected chi connectivity index (χ2v) is 14.7. The summed E-state index contributed by atoms with van der Waals surface area (Å²) in [6, 6.07) is 0. The number of ether oxygens (including phenoxy) is 3. The lowest BCUT2D eigenvalue weighted by Gasteiger charge is -2.39. The molecule has 3 heterocycles. The molecule has 3 saturated heterocycles. The molecule has 218 valence electrons. The predicted molar refractivity (Wildman–Crippen MR) is 152 cm³/mol. The van der Waals surface area contributed by atoms with Gasteiger partial charge in [-0.25, -0.2) is 0 Å². The summed E-state index contributed by atoms with van der Waals surface area (Å²) in [6.07, 6.45) is 35.3. The fourth-order valence-corrected chi connectivity index (χ4v) is 9.02. The van der Waals surface area contributed by atoms with Gasteiger partial charge in [0.25, 0.3) is 0 Å². The van der Waals surface area contributed by atoms with Crippen molar-refractivity contribution >= 4 is 0 Å². The number of unbranched alkanes of at least 4 members (excludes halogenated alkanes) is 6. The number of hydrogen-bond acceptors (Lipinski definition) is 4. The Hall–Kier alpha value is -0.160. The van der Waals surface area contributed by atoms with Crippen LogP contribution in [0.25, 0.3) is 0 Å². The minimum absolute atomic E-state index is 0.361. The van der Waals surface area contributed by atoms with Crippen molar-refractivity contribution in [2.24, 2.45) is 23.2 Å². The lowest BCUT2D eigenvalue weighted by molar-refractivity contribution is 0.133. The van der Waals surface area contributed by atoms with Crippen LogP contribution in [0.4, 0.5) is 0 Å². The van der Waals surface area contributed by atoms with E-state index in [2.05, 4.69) is 0 Å². The SMILES string of the molecule is OCCCCCCCCCC(CCC1CCC2OC2C1)(CCC1CCC2OC2C1)CCC1CCC2OC2C1. The van der Waals surface area contributed by atoms with Gasteiger partial charge >= 0.3 is 0 Å². The molecule has 6 rings (SSSR count). The topological polar surface area (TPSA) is 57.8 Å². The predicted octanol–water partition coefficient (Wildman–Crippen LogP) is 8.13. The minimum Gasteiger partial charge on any atom is -0.396 e. The number of hydrogen-bond donors (Lipinski definition) is 1. The van der Waals surface area contributed by atoms with E-state index in [0.717, 1.165) is 24.2 Å². The van der Waals surface area contributed by atoms with Crippen LogP contribution in [0.3, 0.4) is 0 Å². The second kappa shape index (κ2) is 13.2. The maximum absolute atomic E-state index is 9.06. The van der Waals surface area contributed by atoms with Gasteiger partial charge in [0.05, 0.1) is 36.6 Å². The molecule has 0 aromatic carbocycles. The number of aliphatic hydroxyl groups excluding tert-OH is 1. The summed E-state index contributed by atoms with van der Waals surface area (Å²) < 4.78 is 17.7. The lowest BCUT2D eigenvalue weighted by atomic mass is 9.66. The van der Waals surface area contributed by atoms with E-state index in [1.807, 2.05) is 0 Å². The summed E-state index contributed by atoms with van der Waals surface area (Å²) in [7, 11) is 0. The molecule has 3 saturated carbocycles. The Balaban J connectivity index is 1.05. The van der Waals surface area contributed by atoms with Crippen molar-refractivity contribution in [1.29, 1.82) is 0 Å². The third-order valence-corrected chi connectivity index (χ3v) is 12.0. The fourth-order valence-electron chi connectivity index (χ4n) is 9.02. The number of aliphatic hydroxyl groups is 1. The second-order valence-electron chi connectivity index (χ2n) is 14.7. The summed E-state index contributed by atoms with van der Waals surface area (Å²) >= 11 is 0. The maximum Gasteiger partial charge on any atom is 0.0844 e. The van der Waals surface area contributed by atoms with Crippen molar-refractivity contribution in [2.75, 3.05) is 6.61 Å². The summed E-state index contributed by atoms with van der Waals surface area (Å²) in [5.41, 5.74) is 0.556. The van der Waals surface area contributed by atoms with E-state index in [9.17, 15) is 0 Å². The molecule has 0 aromatic heterocycles. The number of epoxide rings is 3. The first-order valence-corrected chi connectivity index (χ1v) is 17.3. The Morgan fingerprint density at radius 2 is 0.842 bits per heavy atom. The van der Waals surface area contributed by atoms with E-state index in [0.29, 0.717) is 48.6 Å². The zero-order valence-electron chi connectivity index (χ0n) is 24.3. The maximum atomic E-state index is 9.06. The first-order chi connectivity index (χ1) is 18.7. The largest absolute Gasteiger partial charge is 0.396 e. The molecule has 4 heteroatoms. The molecule has 6 aliphatic rings. The number of rotatable bonds is 18. The van der Waals surface area contributed by atoms with Gasteiger partial charge in [0, 0.05) is 6.61 Å². The van der Waals surface area contributed by atoms with Crippen LogP contribution in [-0.2, 0) is 14.2 Å². The molecule has 0 aromatic rings. The van der Waals surface area contributed by atoms with E-state index in [-0.39, 0.29) is 0 Å². The van der Waals surface area contributed by atoms with E-state index in [1.165, 1.54) is 141 Å². The smallest absolute Gasteiger partial charge is 0.0844 e. The van der Waals surface area contributed by atoms with Crippen LogP contribution in [0.5, 0.6) is 0 Å². The van der Waals surface area contributed by atoms with Crippen LogP contribution < -0.4 is 0 Å². The molecule has 1 N–H and O–H groups in total. The van der Waals surface area contributed by atoms with Gasteiger partial charge in [0.15, 0.2) is 0 Å². The summed E-state index contributed by atoms with van der Waals surface area (Å²) in [5, 5.41) is 9.06. The zero-order valence-corrected chi connectivity index (χ0v) is 24.3. The van der Waals surface area contributed by atoms with Crippen molar-refractivity contribution in [1.82, 2.24) is 0 Å². The highest BCUT2D eigenvalue weighted by Crippen LogP contribution is 2.50. The van der Waals surface area contributed by atoms with Gasteiger partial charge in [-0.15, -0.1) is 0 Å². The molecular weight excluding hydrogens is 472 g/mol. The van der Waals surface area contributed by atoms with Gasteiger partial charge in [0.1, 0.15) is 0 Å². The molecule has 6 fully saturated rings. The number of fused-ring (bicyclic) bond motifs is 3. The highest BCUT2D eigenvalue weighted by molar-refractivity contribution is 4.96. The lowest BCUT2D eigenvalue weighted by Crippen LogP contribution is -2.27. The van der Waals surface area contributed by atoms with Crippen molar-refractivity contribution in [3.05, 3.63) is 0 Å². The quantitative estimate of drug-likeness (QED) is 0.144. The van der Waals surface area contributed by atoms with Crippen LogP contribution in [0.1, 0.15) is 148 Å². The molecule has 9 atom stereocenters. The normalized spacial score (nSPS) is 40.5. The average Bonchev–Trinajstić information content (AvgIpc) is 3.82.